The smallest absolute Gasteiger partial charge is 0.152 e. The van der Waals surface area contributed by atoms with Crippen LogP contribution in [0.3, 0.4) is 0 Å². The van der Waals surface area contributed by atoms with Gasteiger partial charge in [-0.1, -0.05) is 18.5 Å². The molecular weight excluding hydrogens is 248 g/mol. The van der Waals surface area contributed by atoms with Gasteiger partial charge in [-0.05, 0) is 19.1 Å². The first-order valence-electron chi connectivity index (χ1n) is 5.01. The fourth-order valence-corrected chi connectivity index (χ4v) is 2.57. The number of nitrogens with zero attached hydrogens (tertiary/aromatic N) is 1. The highest BCUT2D eigenvalue weighted by molar-refractivity contribution is 7.91. The van der Waals surface area contributed by atoms with Crippen LogP contribution in [-0.4, -0.2) is 30.9 Å². The lowest BCUT2D eigenvalue weighted by Crippen LogP contribution is -2.26. The molecule has 0 aliphatic carbocycles. The summed E-state index contributed by atoms with van der Waals surface area (Å²) in [6, 6.07) is 3.26. The number of aromatic nitrogens is 1. The van der Waals surface area contributed by atoms with E-state index in [9.17, 15) is 8.42 Å². The summed E-state index contributed by atoms with van der Waals surface area (Å²) in [5.41, 5.74) is 0.777. The lowest BCUT2D eigenvalue weighted by Gasteiger charge is -2.14. The molecule has 0 aromatic carbocycles. The van der Waals surface area contributed by atoms with E-state index in [2.05, 4.69) is 10.3 Å². The maximum atomic E-state index is 11.4. The summed E-state index contributed by atoms with van der Waals surface area (Å²) in [6.45, 7) is 3.47. The van der Waals surface area contributed by atoms with E-state index in [0.717, 1.165) is 5.69 Å². The highest BCUT2D eigenvalue weighted by Crippen LogP contribution is 2.13. The van der Waals surface area contributed by atoms with Gasteiger partial charge < -0.3 is 5.32 Å². The molecule has 1 aromatic rings. The summed E-state index contributed by atoms with van der Waals surface area (Å²) in [4.78, 5) is 3.85. The zero-order valence-electron chi connectivity index (χ0n) is 9.27. The number of nitrogens with one attached hydrogen (secondary N) is 1. The number of pyridine rings is 1. The maximum absolute atomic E-state index is 11.4. The molecular formula is C10H15ClN2O2S. The van der Waals surface area contributed by atoms with E-state index >= 15 is 0 Å². The van der Waals surface area contributed by atoms with Crippen molar-refractivity contribution in [1.82, 2.24) is 4.98 Å². The summed E-state index contributed by atoms with van der Waals surface area (Å²) in [6.07, 6.45) is 1.58. The Labute approximate surface area is 101 Å². The van der Waals surface area contributed by atoms with Crippen LogP contribution in [0.15, 0.2) is 18.3 Å². The molecule has 1 rings (SSSR count). The molecule has 4 nitrogen and oxygen atoms in total. The molecule has 0 aliphatic rings. The second kappa shape index (κ2) is 5.50. The fourth-order valence-electron chi connectivity index (χ4n) is 1.32. The SMILES string of the molecule is CCS(=O)(=O)CC(C)Nc1ccnc(Cl)c1. The Morgan fingerprint density at radius 1 is 1.56 bits per heavy atom. The van der Waals surface area contributed by atoms with Gasteiger partial charge in [0.25, 0.3) is 0 Å². The Morgan fingerprint density at radius 2 is 2.25 bits per heavy atom. The minimum Gasteiger partial charge on any atom is -0.381 e. The van der Waals surface area contributed by atoms with Crippen LogP contribution in [0.5, 0.6) is 0 Å². The van der Waals surface area contributed by atoms with Crippen molar-refractivity contribution in [3.05, 3.63) is 23.5 Å². The molecule has 1 N–H and O–H groups in total. The Bertz CT molecular complexity index is 448. The Balaban J connectivity index is 2.62. The van der Waals surface area contributed by atoms with Gasteiger partial charge in [0, 0.05) is 23.7 Å². The van der Waals surface area contributed by atoms with E-state index in [1.54, 1.807) is 25.3 Å². The molecule has 1 unspecified atom stereocenters. The number of sulfone groups is 1. The van der Waals surface area contributed by atoms with Crippen molar-refractivity contribution in [3.8, 4) is 0 Å². The molecule has 0 saturated heterocycles. The van der Waals surface area contributed by atoms with E-state index in [1.165, 1.54) is 0 Å². The van der Waals surface area contributed by atoms with Gasteiger partial charge in [-0.3, -0.25) is 0 Å². The van der Waals surface area contributed by atoms with Crippen molar-refractivity contribution < 1.29 is 8.42 Å². The number of anilines is 1. The molecule has 1 heterocycles. The highest BCUT2D eigenvalue weighted by atomic mass is 35.5. The predicted molar refractivity (Wildman–Crippen MR) is 66.7 cm³/mol. The topological polar surface area (TPSA) is 59.1 Å². The third-order valence-corrected chi connectivity index (χ3v) is 4.18. The minimum atomic E-state index is -2.96. The van der Waals surface area contributed by atoms with Gasteiger partial charge in [0.2, 0.25) is 0 Å². The Morgan fingerprint density at radius 3 is 2.81 bits per heavy atom. The molecule has 0 radical (unpaired) electrons. The number of hydrogen-bond donors (Lipinski definition) is 1. The van der Waals surface area contributed by atoms with Gasteiger partial charge in [0.1, 0.15) is 5.15 Å². The van der Waals surface area contributed by atoms with E-state index < -0.39 is 9.84 Å². The zero-order chi connectivity index (χ0) is 12.2. The lowest BCUT2D eigenvalue weighted by molar-refractivity contribution is 0.593. The molecule has 0 fully saturated rings. The first-order chi connectivity index (χ1) is 7.43. The first kappa shape index (κ1) is 13.3. The van der Waals surface area contributed by atoms with Crippen LogP contribution in [0.1, 0.15) is 13.8 Å². The van der Waals surface area contributed by atoms with Crippen molar-refractivity contribution in [3.63, 3.8) is 0 Å². The van der Waals surface area contributed by atoms with Crippen LogP contribution in [0.2, 0.25) is 5.15 Å². The van der Waals surface area contributed by atoms with Crippen molar-refractivity contribution in [2.45, 2.75) is 19.9 Å². The third-order valence-electron chi connectivity index (χ3n) is 2.08. The summed E-state index contributed by atoms with van der Waals surface area (Å²) >= 11 is 5.72. The Hall–Kier alpha value is -0.810. The van der Waals surface area contributed by atoms with E-state index in [4.69, 9.17) is 11.6 Å². The molecule has 16 heavy (non-hydrogen) atoms. The van der Waals surface area contributed by atoms with Gasteiger partial charge in [0.05, 0.1) is 5.75 Å². The highest BCUT2D eigenvalue weighted by Gasteiger charge is 2.13. The second-order valence-corrected chi connectivity index (χ2v) is 6.40. The van der Waals surface area contributed by atoms with Gasteiger partial charge in [-0.2, -0.15) is 0 Å². The minimum absolute atomic E-state index is 0.115. The van der Waals surface area contributed by atoms with E-state index in [1.807, 2.05) is 6.92 Å². The molecule has 1 atom stereocenters. The zero-order valence-corrected chi connectivity index (χ0v) is 10.8. The quantitative estimate of drug-likeness (QED) is 0.825. The molecule has 90 valence electrons. The summed E-state index contributed by atoms with van der Waals surface area (Å²) < 4.78 is 22.8. The lowest BCUT2D eigenvalue weighted by atomic mass is 10.3. The molecule has 0 aliphatic heterocycles. The van der Waals surface area contributed by atoms with Crippen LogP contribution in [0, 0.1) is 0 Å². The summed E-state index contributed by atoms with van der Waals surface area (Å²) in [5.74, 6) is 0.277. The largest absolute Gasteiger partial charge is 0.381 e. The Kier molecular flexibility index (Phi) is 4.56. The monoisotopic (exact) mass is 262 g/mol. The average Bonchev–Trinajstić information content (AvgIpc) is 2.16. The first-order valence-corrected chi connectivity index (χ1v) is 7.21. The summed E-state index contributed by atoms with van der Waals surface area (Å²) in [7, 11) is -2.96. The van der Waals surface area contributed by atoms with E-state index in [-0.39, 0.29) is 17.5 Å². The molecule has 0 spiro atoms. The molecule has 0 amide bonds. The van der Waals surface area contributed by atoms with Gasteiger partial charge in [0.15, 0.2) is 9.84 Å². The number of hydrogen-bond acceptors (Lipinski definition) is 4. The van der Waals surface area contributed by atoms with Crippen LogP contribution in [0.4, 0.5) is 5.69 Å². The van der Waals surface area contributed by atoms with Crippen molar-refractivity contribution in [2.24, 2.45) is 0 Å². The van der Waals surface area contributed by atoms with Crippen LogP contribution >= 0.6 is 11.6 Å². The fraction of sp³-hybridized carbons (Fsp3) is 0.500. The molecule has 6 heteroatoms. The number of rotatable bonds is 5. The van der Waals surface area contributed by atoms with Crippen molar-refractivity contribution in [1.29, 1.82) is 0 Å². The number of halogens is 1. The maximum Gasteiger partial charge on any atom is 0.152 e. The van der Waals surface area contributed by atoms with Gasteiger partial charge >= 0.3 is 0 Å². The normalized spacial score (nSPS) is 13.4. The average molecular weight is 263 g/mol. The van der Waals surface area contributed by atoms with Crippen LogP contribution in [0.25, 0.3) is 0 Å². The van der Waals surface area contributed by atoms with Crippen LogP contribution < -0.4 is 5.32 Å². The van der Waals surface area contributed by atoms with Gasteiger partial charge in [-0.15, -0.1) is 0 Å². The van der Waals surface area contributed by atoms with Crippen molar-refractivity contribution >= 4 is 27.1 Å². The molecule has 0 bridgehead atoms. The standard InChI is InChI=1S/C10H15ClN2O2S/c1-3-16(14,15)7-8(2)13-9-4-5-12-10(11)6-9/h4-6,8H,3,7H2,1-2H3,(H,12,13). The van der Waals surface area contributed by atoms with E-state index in [0.29, 0.717) is 5.15 Å². The predicted octanol–water partition coefficient (Wildman–Crippen LogP) is 1.97. The van der Waals surface area contributed by atoms with Gasteiger partial charge in [-0.25, -0.2) is 13.4 Å². The summed E-state index contributed by atoms with van der Waals surface area (Å²) in [5, 5.41) is 3.45. The molecule has 0 saturated carbocycles. The molecule has 1 aromatic heterocycles. The van der Waals surface area contributed by atoms with Crippen molar-refractivity contribution in [2.75, 3.05) is 16.8 Å². The van der Waals surface area contributed by atoms with Crippen LogP contribution in [-0.2, 0) is 9.84 Å². The third kappa shape index (κ3) is 4.37. The second-order valence-electron chi connectivity index (χ2n) is 3.61.